The third kappa shape index (κ3) is 4.05. The number of carbonyl (C=O) groups is 2. The second-order valence-corrected chi connectivity index (χ2v) is 5.68. The van der Waals surface area contributed by atoms with Crippen molar-refractivity contribution in [2.75, 3.05) is 18.2 Å². The number of nitrogens with zero attached hydrogens (tertiary/aromatic N) is 1. The lowest BCUT2D eigenvalue weighted by molar-refractivity contribution is 0.0526. The predicted molar refractivity (Wildman–Crippen MR) is 84.2 cm³/mol. The Morgan fingerprint density at radius 1 is 1.33 bits per heavy atom. The maximum Gasteiger partial charge on any atom is 0.367 e. The molecule has 110 valence electrons. The molecule has 0 bridgehead atoms. The Kier molecular flexibility index (Phi) is 5.35. The van der Waals surface area contributed by atoms with E-state index in [1.807, 2.05) is 30.5 Å². The lowest BCUT2D eigenvalue weighted by Gasteiger charge is -2.03. The van der Waals surface area contributed by atoms with Crippen molar-refractivity contribution in [2.24, 2.45) is 0 Å². The van der Waals surface area contributed by atoms with Gasteiger partial charge in [0.25, 0.3) is 5.91 Å². The Labute approximate surface area is 130 Å². The molecule has 0 aliphatic carbocycles. The molecule has 1 aromatic carbocycles. The summed E-state index contributed by atoms with van der Waals surface area (Å²) in [4.78, 5) is 28.6. The molecule has 0 aliphatic heterocycles. The van der Waals surface area contributed by atoms with Gasteiger partial charge in [-0.2, -0.15) is 0 Å². The van der Waals surface area contributed by atoms with Gasteiger partial charge < -0.3 is 10.1 Å². The topological polar surface area (TPSA) is 68.3 Å². The molecule has 21 heavy (non-hydrogen) atoms. The first-order chi connectivity index (χ1) is 10.1. The van der Waals surface area contributed by atoms with Gasteiger partial charge in [-0.25, -0.2) is 9.78 Å². The summed E-state index contributed by atoms with van der Waals surface area (Å²) >= 11 is 2.72. The first-order valence-corrected chi connectivity index (χ1v) is 8.32. The largest absolute Gasteiger partial charge is 0.461 e. The number of ether oxygens (including phenoxy) is 1. The molecule has 0 radical (unpaired) electrons. The summed E-state index contributed by atoms with van der Waals surface area (Å²) < 4.78 is 4.84. The molecule has 0 saturated heterocycles. The highest BCUT2D eigenvalue weighted by atomic mass is 32.2. The number of carbonyl (C=O) groups excluding carboxylic acids is 2. The second kappa shape index (κ2) is 7.24. The first-order valence-electron chi connectivity index (χ1n) is 6.22. The second-order valence-electron chi connectivity index (χ2n) is 3.94. The fourth-order valence-electron chi connectivity index (χ4n) is 1.53. The SMILES string of the molecule is CCOC(=O)c1nc(C(=O)Nc2ccc(SC)cc2)cs1. The molecule has 2 aromatic rings. The third-order valence-electron chi connectivity index (χ3n) is 2.53. The highest BCUT2D eigenvalue weighted by Crippen LogP contribution is 2.18. The van der Waals surface area contributed by atoms with Crippen LogP contribution in [0.5, 0.6) is 0 Å². The van der Waals surface area contributed by atoms with E-state index in [1.165, 1.54) is 5.38 Å². The van der Waals surface area contributed by atoms with Gasteiger partial charge in [-0.3, -0.25) is 4.79 Å². The molecule has 2 rings (SSSR count). The maximum atomic E-state index is 12.0. The predicted octanol–water partition coefficient (Wildman–Crippen LogP) is 3.29. The van der Waals surface area contributed by atoms with E-state index in [0.717, 1.165) is 16.2 Å². The van der Waals surface area contributed by atoms with Crippen LogP contribution in [0.1, 0.15) is 27.2 Å². The zero-order valence-electron chi connectivity index (χ0n) is 11.6. The minimum Gasteiger partial charge on any atom is -0.461 e. The van der Waals surface area contributed by atoms with Crippen molar-refractivity contribution in [1.82, 2.24) is 4.98 Å². The first kappa shape index (κ1) is 15.5. The van der Waals surface area contributed by atoms with E-state index in [-0.39, 0.29) is 23.2 Å². The summed E-state index contributed by atoms with van der Waals surface area (Å²) in [7, 11) is 0. The highest BCUT2D eigenvalue weighted by Gasteiger charge is 2.16. The van der Waals surface area contributed by atoms with Crippen LogP contribution in [0.25, 0.3) is 0 Å². The van der Waals surface area contributed by atoms with Crippen LogP contribution in [0.15, 0.2) is 34.5 Å². The number of rotatable bonds is 5. The lowest BCUT2D eigenvalue weighted by atomic mass is 10.3. The number of anilines is 1. The third-order valence-corrected chi connectivity index (χ3v) is 4.10. The Balaban J connectivity index is 2.04. The summed E-state index contributed by atoms with van der Waals surface area (Å²) in [5, 5.41) is 4.46. The van der Waals surface area contributed by atoms with Gasteiger partial charge in [0, 0.05) is 16.0 Å². The number of hydrogen-bond acceptors (Lipinski definition) is 6. The van der Waals surface area contributed by atoms with Gasteiger partial charge in [0.05, 0.1) is 6.61 Å². The monoisotopic (exact) mass is 322 g/mol. The van der Waals surface area contributed by atoms with Crippen molar-refractivity contribution in [3.8, 4) is 0 Å². The minimum atomic E-state index is -0.508. The average Bonchev–Trinajstić information content (AvgIpc) is 2.98. The summed E-state index contributed by atoms with van der Waals surface area (Å²) in [6.07, 6.45) is 1.99. The van der Waals surface area contributed by atoms with E-state index in [1.54, 1.807) is 18.7 Å². The quantitative estimate of drug-likeness (QED) is 0.676. The zero-order chi connectivity index (χ0) is 15.2. The summed E-state index contributed by atoms with van der Waals surface area (Å²) in [6, 6.07) is 7.49. The number of aromatic nitrogens is 1. The maximum absolute atomic E-state index is 12.0. The van der Waals surface area contributed by atoms with Crippen LogP contribution >= 0.6 is 23.1 Å². The molecule has 0 atom stereocenters. The number of benzene rings is 1. The van der Waals surface area contributed by atoms with Crippen molar-refractivity contribution < 1.29 is 14.3 Å². The number of nitrogens with one attached hydrogen (secondary N) is 1. The summed E-state index contributed by atoms with van der Waals surface area (Å²) in [6.45, 7) is 2.00. The Morgan fingerprint density at radius 3 is 2.67 bits per heavy atom. The van der Waals surface area contributed by atoms with E-state index in [4.69, 9.17) is 4.74 Å². The van der Waals surface area contributed by atoms with Crippen LogP contribution in [0, 0.1) is 0 Å². The van der Waals surface area contributed by atoms with E-state index < -0.39 is 5.97 Å². The fourth-order valence-corrected chi connectivity index (χ4v) is 2.63. The molecule has 1 heterocycles. The number of esters is 1. The number of thioether (sulfide) groups is 1. The Bertz CT molecular complexity index is 638. The highest BCUT2D eigenvalue weighted by molar-refractivity contribution is 7.98. The summed E-state index contributed by atoms with van der Waals surface area (Å²) in [5.41, 5.74) is 0.889. The smallest absolute Gasteiger partial charge is 0.367 e. The zero-order valence-corrected chi connectivity index (χ0v) is 13.2. The molecule has 5 nitrogen and oxygen atoms in total. The lowest BCUT2D eigenvalue weighted by Crippen LogP contribution is -2.13. The molecular formula is C14H14N2O3S2. The van der Waals surface area contributed by atoms with Gasteiger partial charge in [-0.15, -0.1) is 23.1 Å². The number of hydrogen-bond donors (Lipinski definition) is 1. The van der Waals surface area contributed by atoms with Crippen LogP contribution in [-0.4, -0.2) is 29.7 Å². The van der Waals surface area contributed by atoms with Crippen molar-refractivity contribution in [2.45, 2.75) is 11.8 Å². The summed E-state index contributed by atoms with van der Waals surface area (Å²) in [5.74, 6) is -0.857. The number of thiazole rings is 1. The Morgan fingerprint density at radius 2 is 2.05 bits per heavy atom. The van der Waals surface area contributed by atoms with Gasteiger partial charge >= 0.3 is 5.97 Å². The number of amides is 1. The van der Waals surface area contributed by atoms with Crippen molar-refractivity contribution >= 4 is 40.7 Å². The molecular weight excluding hydrogens is 308 g/mol. The molecule has 0 spiro atoms. The van der Waals surface area contributed by atoms with Crippen LogP contribution in [0.4, 0.5) is 5.69 Å². The Hall–Kier alpha value is -1.86. The van der Waals surface area contributed by atoms with E-state index in [0.29, 0.717) is 5.69 Å². The van der Waals surface area contributed by atoms with Gasteiger partial charge in [-0.05, 0) is 37.4 Å². The standard InChI is InChI=1S/C14H14N2O3S2/c1-3-19-14(18)13-16-11(8-21-13)12(17)15-9-4-6-10(20-2)7-5-9/h4-8H,3H2,1-2H3,(H,15,17). The molecule has 1 amide bonds. The van der Waals surface area contributed by atoms with Crippen LogP contribution in [0.2, 0.25) is 0 Å². The van der Waals surface area contributed by atoms with E-state index >= 15 is 0 Å². The molecule has 0 aliphatic rings. The molecule has 0 unspecified atom stereocenters. The molecule has 0 fully saturated rings. The van der Waals surface area contributed by atoms with Crippen molar-refractivity contribution in [3.05, 3.63) is 40.3 Å². The van der Waals surface area contributed by atoms with Crippen LogP contribution in [-0.2, 0) is 4.74 Å². The van der Waals surface area contributed by atoms with Gasteiger partial charge in [0.2, 0.25) is 5.01 Å². The minimum absolute atomic E-state index is 0.180. The average molecular weight is 322 g/mol. The van der Waals surface area contributed by atoms with Crippen LogP contribution in [0.3, 0.4) is 0 Å². The van der Waals surface area contributed by atoms with Gasteiger partial charge in [-0.1, -0.05) is 0 Å². The van der Waals surface area contributed by atoms with E-state index in [2.05, 4.69) is 10.3 Å². The van der Waals surface area contributed by atoms with Gasteiger partial charge in [0.1, 0.15) is 5.69 Å². The molecule has 1 N–H and O–H groups in total. The van der Waals surface area contributed by atoms with Crippen molar-refractivity contribution in [1.29, 1.82) is 0 Å². The van der Waals surface area contributed by atoms with Gasteiger partial charge in [0.15, 0.2) is 0 Å². The van der Waals surface area contributed by atoms with Crippen LogP contribution < -0.4 is 5.32 Å². The molecule has 0 saturated carbocycles. The normalized spacial score (nSPS) is 10.2. The molecule has 1 aromatic heterocycles. The fraction of sp³-hybridized carbons (Fsp3) is 0.214. The van der Waals surface area contributed by atoms with Crippen molar-refractivity contribution in [3.63, 3.8) is 0 Å². The molecule has 7 heteroatoms. The van der Waals surface area contributed by atoms with E-state index in [9.17, 15) is 9.59 Å².